The summed E-state index contributed by atoms with van der Waals surface area (Å²) in [5, 5.41) is 4.02. The monoisotopic (exact) mass is 212 g/mol. The van der Waals surface area contributed by atoms with Crippen molar-refractivity contribution in [2.75, 3.05) is 25.5 Å². The lowest BCUT2D eigenvalue weighted by Gasteiger charge is -2.25. The number of ether oxygens (including phenoxy) is 1. The average Bonchev–Trinajstić information content (AvgIpc) is 2.19. The number of nitrogen functional groups attached to an aromatic ring is 1. The Kier molecular flexibility index (Phi) is 2.91. The summed E-state index contributed by atoms with van der Waals surface area (Å²) in [5.74, 6) is 0. The topological polar surface area (TPSA) is 47.3 Å². The fourth-order valence-electron chi connectivity index (χ4n) is 1.63. The highest BCUT2D eigenvalue weighted by atomic mass is 35.5. The molecule has 1 aromatic rings. The molecule has 0 unspecified atom stereocenters. The van der Waals surface area contributed by atoms with Crippen molar-refractivity contribution in [3.8, 4) is 0 Å². The van der Waals surface area contributed by atoms with Gasteiger partial charge in [-0.05, 0) is 17.7 Å². The van der Waals surface area contributed by atoms with Gasteiger partial charge in [0.2, 0.25) is 0 Å². The second kappa shape index (κ2) is 4.17. The van der Waals surface area contributed by atoms with Crippen LogP contribution in [0.5, 0.6) is 0 Å². The van der Waals surface area contributed by atoms with Crippen molar-refractivity contribution in [1.82, 2.24) is 5.32 Å². The van der Waals surface area contributed by atoms with Gasteiger partial charge in [-0.1, -0.05) is 17.7 Å². The largest absolute Gasteiger partial charge is 0.398 e. The molecule has 1 atom stereocenters. The molecule has 76 valence electrons. The molecule has 14 heavy (non-hydrogen) atoms. The highest BCUT2D eigenvalue weighted by Gasteiger charge is 2.17. The first-order valence-corrected chi connectivity index (χ1v) is 5.01. The van der Waals surface area contributed by atoms with E-state index in [4.69, 9.17) is 22.1 Å². The van der Waals surface area contributed by atoms with Crippen LogP contribution in [-0.2, 0) is 4.74 Å². The number of hydrogen-bond acceptors (Lipinski definition) is 3. The first-order chi connectivity index (χ1) is 6.77. The lowest BCUT2D eigenvalue weighted by Crippen LogP contribution is -2.34. The molecule has 0 saturated carbocycles. The van der Waals surface area contributed by atoms with Crippen LogP contribution < -0.4 is 11.1 Å². The van der Waals surface area contributed by atoms with Gasteiger partial charge in [0.25, 0.3) is 0 Å². The zero-order valence-corrected chi connectivity index (χ0v) is 8.55. The Labute approximate surface area is 88.2 Å². The summed E-state index contributed by atoms with van der Waals surface area (Å²) in [6.45, 7) is 2.31. The molecule has 3 N–H and O–H groups in total. The zero-order valence-electron chi connectivity index (χ0n) is 7.79. The van der Waals surface area contributed by atoms with Crippen molar-refractivity contribution in [1.29, 1.82) is 0 Å². The molecule has 0 bridgehead atoms. The normalized spacial score (nSPS) is 22.2. The van der Waals surface area contributed by atoms with Crippen LogP contribution in [0.3, 0.4) is 0 Å². The van der Waals surface area contributed by atoms with Gasteiger partial charge in [0.05, 0.1) is 19.3 Å². The van der Waals surface area contributed by atoms with Gasteiger partial charge in [-0.15, -0.1) is 0 Å². The Hall–Kier alpha value is -0.770. The molecular weight excluding hydrogens is 200 g/mol. The second-order valence-corrected chi connectivity index (χ2v) is 3.79. The van der Waals surface area contributed by atoms with E-state index in [2.05, 4.69) is 5.32 Å². The minimum atomic E-state index is 0.195. The molecule has 3 nitrogen and oxygen atoms in total. The number of anilines is 1. The third kappa shape index (κ3) is 2.00. The smallest absolute Gasteiger partial charge is 0.0662 e. The summed E-state index contributed by atoms with van der Waals surface area (Å²) in [7, 11) is 0. The van der Waals surface area contributed by atoms with E-state index in [0.717, 1.165) is 24.4 Å². The van der Waals surface area contributed by atoms with Gasteiger partial charge in [-0.3, -0.25) is 0 Å². The van der Waals surface area contributed by atoms with Crippen molar-refractivity contribution in [2.24, 2.45) is 0 Å². The number of benzene rings is 1. The van der Waals surface area contributed by atoms with Crippen LogP contribution in [0.15, 0.2) is 18.2 Å². The second-order valence-electron chi connectivity index (χ2n) is 3.35. The Morgan fingerprint density at radius 2 is 2.36 bits per heavy atom. The summed E-state index contributed by atoms with van der Waals surface area (Å²) in [6.07, 6.45) is 0. The van der Waals surface area contributed by atoms with Crippen LogP contribution in [0.25, 0.3) is 0 Å². The quantitative estimate of drug-likeness (QED) is 0.695. The Morgan fingerprint density at radius 1 is 1.50 bits per heavy atom. The van der Waals surface area contributed by atoms with Crippen LogP contribution in [0.1, 0.15) is 11.6 Å². The lowest BCUT2D eigenvalue weighted by molar-refractivity contribution is 0.0771. The molecular formula is C10H13ClN2O. The molecule has 1 saturated heterocycles. The summed E-state index contributed by atoms with van der Waals surface area (Å²) in [5.41, 5.74) is 7.66. The fourth-order valence-corrected chi connectivity index (χ4v) is 1.81. The zero-order chi connectivity index (χ0) is 9.97. The maximum absolute atomic E-state index is 5.87. The van der Waals surface area contributed by atoms with Gasteiger partial charge in [-0.25, -0.2) is 0 Å². The Bertz CT molecular complexity index is 324. The van der Waals surface area contributed by atoms with Crippen LogP contribution in [0.2, 0.25) is 5.02 Å². The third-order valence-electron chi connectivity index (χ3n) is 2.35. The minimum Gasteiger partial charge on any atom is -0.398 e. The fraction of sp³-hybridized carbons (Fsp3) is 0.400. The van der Waals surface area contributed by atoms with Crippen LogP contribution in [0, 0.1) is 0 Å². The summed E-state index contributed by atoms with van der Waals surface area (Å²) in [4.78, 5) is 0. The highest BCUT2D eigenvalue weighted by Crippen LogP contribution is 2.25. The Balaban J connectivity index is 2.22. The first-order valence-electron chi connectivity index (χ1n) is 4.63. The van der Waals surface area contributed by atoms with Gasteiger partial charge in [0.1, 0.15) is 0 Å². The van der Waals surface area contributed by atoms with E-state index >= 15 is 0 Å². The van der Waals surface area contributed by atoms with E-state index in [0.29, 0.717) is 11.6 Å². The molecule has 1 fully saturated rings. The van der Waals surface area contributed by atoms with Gasteiger partial charge < -0.3 is 15.8 Å². The predicted octanol–water partition coefficient (Wildman–Crippen LogP) is 1.58. The number of morpholine rings is 1. The molecule has 0 radical (unpaired) electrons. The van der Waals surface area contributed by atoms with E-state index < -0.39 is 0 Å². The van der Waals surface area contributed by atoms with Gasteiger partial charge in [0.15, 0.2) is 0 Å². The molecule has 0 aromatic heterocycles. The molecule has 2 rings (SSSR count). The number of nitrogens with two attached hydrogens (primary N) is 1. The predicted molar refractivity (Wildman–Crippen MR) is 57.4 cm³/mol. The molecule has 0 aliphatic carbocycles. The molecule has 1 aliphatic rings. The SMILES string of the molecule is Nc1cc(Cl)ccc1[C@@H]1COCCN1. The summed E-state index contributed by atoms with van der Waals surface area (Å²) in [6, 6.07) is 5.77. The molecule has 1 aromatic carbocycles. The minimum absolute atomic E-state index is 0.195. The molecule has 0 amide bonds. The maximum Gasteiger partial charge on any atom is 0.0662 e. The molecule has 4 heteroatoms. The number of halogens is 1. The van der Waals surface area contributed by atoms with Crippen molar-refractivity contribution in [2.45, 2.75) is 6.04 Å². The lowest BCUT2D eigenvalue weighted by atomic mass is 10.0. The van der Waals surface area contributed by atoms with Crippen molar-refractivity contribution in [3.63, 3.8) is 0 Å². The first kappa shape index (κ1) is 9.77. The Morgan fingerprint density at radius 3 is 3.00 bits per heavy atom. The van der Waals surface area contributed by atoms with Gasteiger partial charge >= 0.3 is 0 Å². The summed E-state index contributed by atoms with van der Waals surface area (Å²) >= 11 is 5.82. The van der Waals surface area contributed by atoms with Crippen LogP contribution >= 0.6 is 11.6 Å². The summed E-state index contributed by atoms with van der Waals surface area (Å²) < 4.78 is 5.37. The van der Waals surface area contributed by atoms with E-state index in [1.807, 2.05) is 12.1 Å². The van der Waals surface area contributed by atoms with Crippen LogP contribution in [-0.4, -0.2) is 19.8 Å². The van der Waals surface area contributed by atoms with Crippen molar-refractivity contribution < 1.29 is 4.74 Å². The van der Waals surface area contributed by atoms with Crippen molar-refractivity contribution >= 4 is 17.3 Å². The molecule has 0 spiro atoms. The number of hydrogen-bond donors (Lipinski definition) is 2. The van der Waals surface area contributed by atoms with E-state index in [1.54, 1.807) is 6.07 Å². The van der Waals surface area contributed by atoms with E-state index in [9.17, 15) is 0 Å². The standard InChI is InChI=1S/C10H13ClN2O/c11-7-1-2-8(9(12)5-7)10-6-14-4-3-13-10/h1-2,5,10,13H,3-4,6,12H2/t10-/m0/s1. The van der Waals surface area contributed by atoms with E-state index in [-0.39, 0.29) is 6.04 Å². The van der Waals surface area contributed by atoms with Gasteiger partial charge in [-0.2, -0.15) is 0 Å². The maximum atomic E-state index is 5.87. The third-order valence-corrected chi connectivity index (χ3v) is 2.58. The average molecular weight is 213 g/mol. The molecule has 1 heterocycles. The highest BCUT2D eigenvalue weighted by molar-refractivity contribution is 6.30. The van der Waals surface area contributed by atoms with Gasteiger partial charge in [0, 0.05) is 17.3 Å². The number of rotatable bonds is 1. The van der Waals surface area contributed by atoms with Crippen molar-refractivity contribution in [3.05, 3.63) is 28.8 Å². The van der Waals surface area contributed by atoms with Crippen LogP contribution in [0.4, 0.5) is 5.69 Å². The molecule has 1 aliphatic heterocycles. The number of nitrogens with one attached hydrogen (secondary N) is 1. The van der Waals surface area contributed by atoms with E-state index in [1.165, 1.54) is 0 Å².